The summed E-state index contributed by atoms with van der Waals surface area (Å²) in [6.45, 7) is 3.15. The molecule has 0 radical (unpaired) electrons. The van der Waals surface area contributed by atoms with Crippen LogP contribution in [-0.2, 0) is 34.6 Å². The van der Waals surface area contributed by atoms with Crippen molar-refractivity contribution >= 4 is 39.2 Å². The Balaban J connectivity index is 1.31. The van der Waals surface area contributed by atoms with Crippen molar-refractivity contribution < 1.29 is 37.5 Å². The lowest BCUT2D eigenvalue weighted by Crippen LogP contribution is -2.63. The number of sulfone groups is 1. The molecule has 16 heteroatoms. The fraction of sp³-hybridized carbons (Fsp3) is 0.639. The number of amides is 4. The molecule has 1 aromatic carbocycles. The van der Waals surface area contributed by atoms with Gasteiger partial charge < -0.3 is 26.4 Å². The van der Waals surface area contributed by atoms with Gasteiger partial charge in [0.1, 0.15) is 23.2 Å². The Morgan fingerprint density at radius 2 is 1.67 bits per heavy atom. The molecule has 4 fully saturated rings. The third-order valence-corrected chi connectivity index (χ3v) is 12.8. The van der Waals surface area contributed by atoms with Crippen molar-refractivity contribution in [3.63, 3.8) is 0 Å². The fourth-order valence-corrected chi connectivity index (χ4v) is 9.45. The van der Waals surface area contributed by atoms with Gasteiger partial charge in [0, 0.05) is 24.8 Å². The lowest BCUT2D eigenvalue weighted by Gasteiger charge is -2.55. The fourth-order valence-electron chi connectivity index (χ4n) is 8.82. The maximum absolute atomic E-state index is 14.8. The summed E-state index contributed by atoms with van der Waals surface area (Å²) < 4.78 is 25.5. The molecule has 0 bridgehead atoms. The van der Waals surface area contributed by atoms with Crippen molar-refractivity contribution in [3.8, 4) is 0 Å². The van der Waals surface area contributed by atoms with E-state index in [1.54, 1.807) is 13.8 Å². The molecule has 4 aliphatic rings. The Kier molecular flexibility index (Phi) is 10.1. The maximum atomic E-state index is 14.8. The molecule has 1 aromatic heterocycles. The lowest BCUT2D eigenvalue weighted by molar-refractivity contribution is -0.145. The zero-order valence-corrected chi connectivity index (χ0v) is 30.8. The van der Waals surface area contributed by atoms with E-state index in [1.807, 2.05) is 0 Å². The van der Waals surface area contributed by atoms with E-state index < -0.39 is 68.5 Å². The molecule has 282 valence electrons. The van der Waals surface area contributed by atoms with Crippen LogP contribution < -0.4 is 16.4 Å². The molecular formula is C36H49N7O8S. The summed E-state index contributed by atoms with van der Waals surface area (Å²) in [5, 5.41) is 24.8. The zero-order valence-electron chi connectivity index (χ0n) is 30.0. The minimum atomic E-state index is -3.49. The van der Waals surface area contributed by atoms with Crippen LogP contribution in [0.25, 0.3) is 0 Å². The molecule has 2 heterocycles. The molecule has 3 atom stereocenters. The summed E-state index contributed by atoms with van der Waals surface area (Å²) in [6, 6.07) is 2.72. The molecule has 6 rings (SSSR count). The quantitative estimate of drug-likeness (QED) is 0.231. The number of aromatic nitrogens is 3. The van der Waals surface area contributed by atoms with E-state index >= 15 is 0 Å². The van der Waals surface area contributed by atoms with Gasteiger partial charge in [-0.05, 0) is 94.4 Å². The number of ketones is 1. The summed E-state index contributed by atoms with van der Waals surface area (Å²) >= 11 is 0. The zero-order chi connectivity index (χ0) is 37.6. The molecule has 1 saturated heterocycles. The van der Waals surface area contributed by atoms with Gasteiger partial charge in [-0.1, -0.05) is 30.9 Å². The van der Waals surface area contributed by atoms with Gasteiger partial charge >= 0.3 is 0 Å². The first kappa shape index (κ1) is 37.6. The van der Waals surface area contributed by atoms with Gasteiger partial charge in [0.25, 0.3) is 11.8 Å². The SMILES string of the molecule is CC(C)(O)c1cnnn1C1CC(C(=O)NC2(C(=O)C(N)=O)CCCCC2)N(C(=O)C(CC2CC3(CCC3)C2)NC(=O)c2ccc(S(C)(=O)=O)cc2)C1. The number of nitrogens with zero attached hydrogens (tertiary/aromatic N) is 4. The molecule has 2 aromatic rings. The summed E-state index contributed by atoms with van der Waals surface area (Å²) in [4.78, 5) is 69.5. The molecule has 3 unspecified atom stereocenters. The predicted molar refractivity (Wildman–Crippen MR) is 187 cm³/mol. The topological polar surface area (TPSA) is 224 Å². The number of nitrogens with two attached hydrogens (primary N) is 1. The van der Waals surface area contributed by atoms with Crippen molar-refractivity contribution in [3.05, 3.63) is 41.7 Å². The second kappa shape index (κ2) is 14.0. The van der Waals surface area contributed by atoms with Crippen molar-refractivity contribution in [1.29, 1.82) is 0 Å². The van der Waals surface area contributed by atoms with Crippen LogP contribution in [0.1, 0.15) is 113 Å². The summed E-state index contributed by atoms with van der Waals surface area (Å²) in [5.74, 6) is -3.55. The highest BCUT2D eigenvalue weighted by Gasteiger charge is 2.52. The molecule has 5 N–H and O–H groups in total. The number of aliphatic hydroxyl groups is 1. The number of likely N-dealkylation sites (tertiary alicyclic amines) is 1. The van der Waals surface area contributed by atoms with Crippen molar-refractivity contribution in [2.45, 2.75) is 125 Å². The molecule has 52 heavy (non-hydrogen) atoms. The van der Waals surface area contributed by atoms with E-state index in [9.17, 15) is 37.5 Å². The van der Waals surface area contributed by atoms with Gasteiger partial charge in [0.05, 0.1) is 22.8 Å². The average molecular weight is 740 g/mol. The Hall–Kier alpha value is -4.18. The molecule has 15 nitrogen and oxygen atoms in total. The second-order valence-corrected chi connectivity index (χ2v) is 18.0. The minimum absolute atomic E-state index is 0.00976. The number of hydrogen-bond acceptors (Lipinski definition) is 10. The number of benzene rings is 1. The Morgan fingerprint density at radius 3 is 2.23 bits per heavy atom. The summed E-state index contributed by atoms with van der Waals surface area (Å²) in [7, 11) is -3.49. The van der Waals surface area contributed by atoms with Gasteiger partial charge in [-0.15, -0.1) is 5.10 Å². The van der Waals surface area contributed by atoms with Crippen molar-refractivity contribution in [2.75, 3.05) is 12.8 Å². The number of primary amides is 1. The third-order valence-electron chi connectivity index (χ3n) is 11.7. The standard InChI is InChI=1S/C36H49N7O8S/c1-34(2,49)28-20-38-41-43(28)24-17-27(32(47)40-36(29(44)30(37)45)14-5-4-6-15-36)42(21-24)33(48)26(16-22-18-35(19-22)12-7-13-35)39-31(46)23-8-10-25(11-9-23)52(3,50)51/h8-11,20,22,24,26-27,49H,4-7,12-19,21H2,1-3H3,(H2,37,45)(H,39,46)(H,40,47). The van der Waals surface area contributed by atoms with E-state index in [0.29, 0.717) is 30.4 Å². The first-order valence-corrected chi connectivity index (χ1v) is 20.0. The molecule has 1 aliphatic heterocycles. The van der Waals surface area contributed by atoms with Crippen molar-refractivity contribution in [2.24, 2.45) is 17.1 Å². The van der Waals surface area contributed by atoms with Crippen LogP contribution in [0, 0.1) is 11.3 Å². The van der Waals surface area contributed by atoms with Crippen LogP contribution in [0.15, 0.2) is 35.4 Å². The first-order chi connectivity index (χ1) is 24.4. The van der Waals surface area contributed by atoms with Crippen LogP contribution >= 0.6 is 0 Å². The molecule has 4 amide bonds. The van der Waals surface area contributed by atoms with E-state index in [0.717, 1.165) is 38.4 Å². The van der Waals surface area contributed by atoms with Crippen LogP contribution in [0.4, 0.5) is 0 Å². The number of carbonyl (C=O) groups is 5. The van der Waals surface area contributed by atoms with Gasteiger partial charge in [-0.2, -0.15) is 0 Å². The minimum Gasteiger partial charge on any atom is -0.384 e. The van der Waals surface area contributed by atoms with Crippen LogP contribution in [0.5, 0.6) is 0 Å². The van der Waals surface area contributed by atoms with E-state index in [1.165, 1.54) is 46.5 Å². The van der Waals surface area contributed by atoms with Gasteiger partial charge in [0.2, 0.25) is 17.6 Å². The lowest BCUT2D eigenvalue weighted by atomic mass is 9.51. The van der Waals surface area contributed by atoms with E-state index in [2.05, 4.69) is 20.9 Å². The second-order valence-electron chi connectivity index (χ2n) is 16.0. The highest BCUT2D eigenvalue weighted by molar-refractivity contribution is 7.90. The van der Waals surface area contributed by atoms with E-state index in [4.69, 9.17) is 5.73 Å². The van der Waals surface area contributed by atoms with Crippen LogP contribution in [0.2, 0.25) is 0 Å². The Morgan fingerprint density at radius 1 is 1.02 bits per heavy atom. The number of carbonyl (C=O) groups excluding carboxylic acids is 5. The Bertz CT molecular complexity index is 1830. The molecular weight excluding hydrogens is 691 g/mol. The molecule has 3 saturated carbocycles. The van der Waals surface area contributed by atoms with Gasteiger partial charge in [-0.3, -0.25) is 24.0 Å². The smallest absolute Gasteiger partial charge is 0.287 e. The monoisotopic (exact) mass is 739 g/mol. The van der Waals surface area contributed by atoms with Crippen molar-refractivity contribution in [1.82, 2.24) is 30.5 Å². The highest BCUT2D eigenvalue weighted by Crippen LogP contribution is 2.59. The number of nitrogens with one attached hydrogen (secondary N) is 2. The maximum Gasteiger partial charge on any atom is 0.287 e. The van der Waals surface area contributed by atoms with Crippen LogP contribution in [0.3, 0.4) is 0 Å². The number of Topliss-reactive ketones (excluding diaryl/α,β-unsaturated/α-hetero) is 1. The predicted octanol–water partition coefficient (Wildman–Crippen LogP) is 1.69. The normalized spacial score (nSPS) is 23.3. The highest BCUT2D eigenvalue weighted by atomic mass is 32.2. The first-order valence-electron chi connectivity index (χ1n) is 18.1. The molecule has 3 aliphatic carbocycles. The van der Waals surface area contributed by atoms with Gasteiger partial charge in [0.15, 0.2) is 9.84 Å². The third kappa shape index (κ3) is 7.49. The summed E-state index contributed by atoms with van der Waals surface area (Å²) in [5.41, 5.74) is 3.46. The van der Waals surface area contributed by atoms with Gasteiger partial charge in [-0.25, -0.2) is 13.1 Å². The number of hydrogen-bond donors (Lipinski definition) is 4. The number of rotatable bonds is 12. The van der Waals surface area contributed by atoms with Crippen LogP contribution in [-0.4, -0.2) is 93.3 Å². The molecule has 1 spiro atoms. The largest absolute Gasteiger partial charge is 0.384 e. The van der Waals surface area contributed by atoms with E-state index in [-0.39, 0.29) is 42.2 Å². The summed E-state index contributed by atoms with van der Waals surface area (Å²) in [6.07, 6.45) is 10.7. The average Bonchev–Trinajstić information content (AvgIpc) is 3.72. The Labute approximate surface area is 303 Å².